The smallest absolute Gasteiger partial charge is 0.228 e. The van der Waals surface area contributed by atoms with Gasteiger partial charge in [-0.2, -0.15) is 0 Å². The van der Waals surface area contributed by atoms with E-state index in [1.807, 2.05) is 0 Å². The Balaban J connectivity index is 1.49. The zero-order valence-corrected chi connectivity index (χ0v) is 18.9. The van der Waals surface area contributed by atoms with E-state index in [0.29, 0.717) is 11.8 Å². The summed E-state index contributed by atoms with van der Waals surface area (Å²) in [4.78, 5) is 16.4. The number of likely N-dealkylation sites (tertiary alicyclic amines) is 1. The van der Waals surface area contributed by atoms with Gasteiger partial charge >= 0.3 is 0 Å². The van der Waals surface area contributed by atoms with Crippen molar-refractivity contribution >= 4 is 5.91 Å². The van der Waals surface area contributed by atoms with Crippen molar-refractivity contribution in [1.29, 1.82) is 0 Å². The van der Waals surface area contributed by atoms with E-state index in [1.165, 1.54) is 24.8 Å². The van der Waals surface area contributed by atoms with Crippen molar-refractivity contribution in [1.82, 2.24) is 4.90 Å². The molecule has 4 saturated carbocycles. The lowest BCUT2D eigenvalue weighted by atomic mass is 9.39. The van der Waals surface area contributed by atoms with E-state index in [-0.39, 0.29) is 16.2 Å². The van der Waals surface area contributed by atoms with Crippen molar-refractivity contribution in [2.24, 2.45) is 34.5 Å². The van der Waals surface area contributed by atoms with Crippen LogP contribution in [-0.4, -0.2) is 23.9 Å². The number of carbonyl (C=O) groups excluding carboxylic acids is 1. The zero-order valence-electron chi connectivity index (χ0n) is 18.9. The SMILES string of the molecule is CCC1C2CC3(C(=O)N4CC[C@H](C)C(C)(C)C4)CC1CC(c1ccccc1)(C2)C3. The standard InChI is InChI=1S/C27H39NO/c1-5-23-20-13-26(22-9-7-6-8-10-22)14-21(23)16-27(15-20,17-26)24(29)28-12-11-19(2)25(3,4)18-28/h6-10,19-21,23H,5,11-18H2,1-4H3/t19-,20?,21?,23?,26?,27?/m0/s1. The van der Waals surface area contributed by atoms with Crippen LogP contribution in [0.2, 0.25) is 0 Å². The highest BCUT2D eigenvalue weighted by atomic mass is 16.2. The molecule has 3 atom stereocenters. The number of amides is 1. The number of piperidine rings is 1. The van der Waals surface area contributed by atoms with Gasteiger partial charge in [0, 0.05) is 13.1 Å². The van der Waals surface area contributed by atoms with Crippen LogP contribution in [0.15, 0.2) is 30.3 Å². The van der Waals surface area contributed by atoms with E-state index in [4.69, 9.17) is 0 Å². The Hall–Kier alpha value is -1.31. The number of benzene rings is 1. The highest BCUT2D eigenvalue weighted by Crippen LogP contribution is 2.68. The van der Waals surface area contributed by atoms with E-state index in [2.05, 4.69) is 62.9 Å². The average molecular weight is 394 g/mol. The van der Waals surface area contributed by atoms with Crippen LogP contribution in [0.5, 0.6) is 0 Å². The van der Waals surface area contributed by atoms with Crippen molar-refractivity contribution in [3.05, 3.63) is 35.9 Å². The monoisotopic (exact) mass is 393 g/mol. The van der Waals surface area contributed by atoms with Crippen molar-refractivity contribution in [2.45, 2.75) is 78.1 Å². The van der Waals surface area contributed by atoms with Crippen molar-refractivity contribution in [3.8, 4) is 0 Å². The van der Waals surface area contributed by atoms with Gasteiger partial charge in [0.05, 0.1) is 5.41 Å². The highest BCUT2D eigenvalue weighted by molar-refractivity contribution is 5.84. The molecule has 1 aliphatic heterocycles. The molecule has 4 bridgehead atoms. The van der Waals surface area contributed by atoms with Crippen LogP contribution in [0.25, 0.3) is 0 Å². The lowest BCUT2D eigenvalue weighted by Gasteiger charge is -2.65. The van der Waals surface area contributed by atoms with Crippen LogP contribution in [0.4, 0.5) is 0 Å². The summed E-state index contributed by atoms with van der Waals surface area (Å²) in [6, 6.07) is 11.2. The number of carbonyl (C=O) groups is 1. The minimum Gasteiger partial charge on any atom is -0.342 e. The van der Waals surface area contributed by atoms with E-state index in [1.54, 1.807) is 0 Å². The molecule has 2 unspecified atom stereocenters. The fourth-order valence-corrected chi connectivity index (χ4v) is 8.27. The minimum absolute atomic E-state index is 0.0933. The van der Waals surface area contributed by atoms with Crippen molar-refractivity contribution in [3.63, 3.8) is 0 Å². The highest BCUT2D eigenvalue weighted by Gasteiger charge is 2.64. The third kappa shape index (κ3) is 2.92. The second-order valence-corrected chi connectivity index (χ2v) is 11.9. The summed E-state index contributed by atoms with van der Waals surface area (Å²) >= 11 is 0. The first-order valence-corrected chi connectivity index (χ1v) is 12.1. The van der Waals surface area contributed by atoms with E-state index < -0.39 is 0 Å². The van der Waals surface area contributed by atoms with Gasteiger partial charge in [0.2, 0.25) is 5.91 Å². The Bertz CT molecular complexity index is 765. The van der Waals surface area contributed by atoms with E-state index >= 15 is 0 Å². The summed E-state index contributed by atoms with van der Waals surface area (Å²) < 4.78 is 0. The minimum atomic E-state index is -0.0933. The Morgan fingerprint density at radius 2 is 1.72 bits per heavy atom. The zero-order chi connectivity index (χ0) is 20.4. The summed E-state index contributed by atoms with van der Waals surface area (Å²) in [6.07, 6.45) is 8.47. The number of nitrogens with zero attached hydrogens (tertiary/aromatic N) is 1. The Morgan fingerprint density at radius 3 is 2.31 bits per heavy atom. The van der Waals surface area contributed by atoms with Gasteiger partial charge in [-0.1, -0.05) is 64.4 Å². The van der Waals surface area contributed by atoms with Gasteiger partial charge in [-0.3, -0.25) is 4.79 Å². The molecule has 2 nitrogen and oxygen atoms in total. The second-order valence-electron chi connectivity index (χ2n) is 11.9. The molecule has 1 saturated heterocycles. The first-order chi connectivity index (χ1) is 13.8. The maximum atomic E-state index is 14.1. The van der Waals surface area contributed by atoms with E-state index in [0.717, 1.165) is 56.5 Å². The fourth-order valence-electron chi connectivity index (χ4n) is 8.27. The van der Waals surface area contributed by atoms with Crippen LogP contribution in [0, 0.1) is 34.5 Å². The topological polar surface area (TPSA) is 20.3 Å². The van der Waals surface area contributed by atoms with Crippen LogP contribution in [-0.2, 0) is 10.2 Å². The molecule has 4 aliphatic carbocycles. The molecule has 1 heterocycles. The first kappa shape index (κ1) is 19.6. The molecule has 0 spiro atoms. The van der Waals surface area contributed by atoms with Gasteiger partial charge in [-0.25, -0.2) is 0 Å². The summed E-state index contributed by atoms with van der Waals surface area (Å²) in [5.74, 6) is 3.53. The maximum Gasteiger partial charge on any atom is 0.228 e. The van der Waals surface area contributed by atoms with Crippen LogP contribution in [0.3, 0.4) is 0 Å². The molecule has 1 aromatic rings. The van der Waals surface area contributed by atoms with Crippen molar-refractivity contribution < 1.29 is 4.79 Å². The van der Waals surface area contributed by atoms with Gasteiger partial charge < -0.3 is 4.90 Å². The Morgan fingerprint density at radius 1 is 1.07 bits per heavy atom. The molecular weight excluding hydrogens is 354 g/mol. The molecule has 0 N–H and O–H groups in total. The number of hydrogen-bond acceptors (Lipinski definition) is 1. The molecule has 5 aliphatic rings. The van der Waals surface area contributed by atoms with Crippen LogP contribution in [0.1, 0.15) is 78.2 Å². The largest absolute Gasteiger partial charge is 0.342 e. The summed E-state index contributed by atoms with van der Waals surface area (Å²) in [5, 5.41) is 0. The quantitative estimate of drug-likeness (QED) is 0.611. The lowest BCUT2D eigenvalue weighted by molar-refractivity contribution is -0.171. The summed E-state index contributed by atoms with van der Waals surface area (Å²) in [6.45, 7) is 11.4. The molecule has 5 fully saturated rings. The average Bonchev–Trinajstić information content (AvgIpc) is 2.70. The third-order valence-corrected chi connectivity index (χ3v) is 9.86. The molecule has 0 aromatic heterocycles. The summed E-state index contributed by atoms with van der Waals surface area (Å²) in [5.41, 5.74) is 1.89. The molecule has 6 rings (SSSR count). The molecule has 158 valence electrons. The second kappa shape index (κ2) is 6.59. The van der Waals surface area contributed by atoms with Gasteiger partial charge in [0.25, 0.3) is 0 Å². The van der Waals surface area contributed by atoms with Crippen LogP contribution < -0.4 is 0 Å². The predicted molar refractivity (Wildman–Crippen MR) is 119 cm³/mol. The normalized spacial score (nSPS) is 42.8. The molecule has 1 aromatic carbocycles. The van der Waals surface area contributed by atoms with Gasteiger partial charge in [0.1, 0.15) is 0 Å². The first-order valence-electron chi connectivity index (χ1n) is 12.1. The lowest BCUT2D eigenvalue weighted by Crippen LogP contribution is -2.63. The number of rotatable bonds is 3. The van der Waals surface area contributed by atoms with Gasteiger partial charge in [-0.15, -0.1) is 0 Å². The third-order valence-electron chi connectivity index (χ3n) is 9.86. The molecule has 1 amide bonds. The summed E-state index contributed by atoms with van der Waals surface area (Å²) in [7, 11) is 0. The molecule has 2 heteroatoms. The fraction of sp³-hybridized carbons (Fsp3) is 0.741. The van der Waals surface area contributed by atoms with E-state index in [9.17, 15) is 4.79 Å². The predicted octanol–water partition coefficient (Wildman–Crippen LogP) is 6.06. The Kier molecular flexibility index (Phi) is 4.47. The van der Waals surface area contributed by atoms with Gasteiger partial charge in [0.15, 0.2) is 0 Å². The van der Waals surface area contributed by atoms with Crippen LogP contribution >= 0.6 is 0 Å². The molecule has 0 radical (unpaired) electrons. The van der Waals surface area contributed by atoms with Gasteiger partial charge in [-0.05, 0) is 78.6 Å². The number of hydrogen-bond donors (Lipinski definition) is 0. The maximum absolute atomic E-state index is 14.1. The van der Waals surface area contributed by atoms with Crippen molar-refractivity contribution in [2.75, 3.05) is 13.1 Å². The molecular formula is C27H39NO. The molecule has 29 heavy (non-hydrogen) atoms. The Labute approximate surface area is 177 Å².